The number of carbonyl (C=O) groups is 2. The number of amides is 2. The molecule has 3 heterocycles. The third-order valence-electron chi connectivity index (χ3n) is 5.93. The highest BCUT2D eigenvalue weighted by Gasteiger charge is 2.26. The second-order valence-electron chi connectivity index (χ2n) is 8.51. The lowest BCUT2D eigenvalue weighted by Crippen LogP contribution is -2.42. The topological polar surface area (TPSA) is 76.5 Å². The number of rotatable bonds is 8. The summed E-state index contributed by atoms with van der Waals surface area (Å²) in [7, 11) is 0. The van der Waals surface area contributed by atoms with Gasteiger partial charge in [0.1, 0.15) is 12.4 Å². The van der Waals surface area contributed by atoms with Gasteiger partial charge < -0.3 is 9.64 Å². The molecule has 0 bridgehead atoms. The molecule has 36 heavy (non-hydrogen) atoms. The minimum absolute atomic E-state index is 0.0902. The number of nitrogens with one attached hydrogen (secondary N) is 1. The van der Waals surface area contributed by atoms with Crippen molar-refractivity contribution in [3.05, 3.63) is 89.0 Å². The number of thiophene rings is 1. The number of hydrogen-bond acceptors (Lipinski definition) is 5. The van der Waals surface area contributed by atoms with Crippen LogP contribution in [0.25, 0.3) is 16.9 Å². The van der Waals surface area contributed by atoms with Crippen molar-refractivity contribution in [1.82, 2.24) is 14.5 Å². The zero-order chi connectivity index (χ0) is 24.9. The third kappa shape index (κ3) is 5.53. The molecule has 1 aliphatic heterocycles. The Morgan fingerprint density at radius 2 is 1.92 bits per heavy atom. The molecule has 184 valence electrons. The number of halogens is 1. The molecule has 2 aromatic heterocycles. The van der Waals surface area contributed by atoms with Gasteiger partial charge >= 0.3 is 0 Å². The van der Waals surface area contributed by atoms with Gasteiger partial charge in [-0.05, 0) is 48.6 Å². The van der Waals surface area contributed by atoms with E-state index in [-0.39, 0.29) is 36.2 Å². The SMILES string of the molecule is O=C(CN(C[C@@H]1CCCO1)C(=O)c1cccs1)Nc1nc(-c2ccccc2)cn1-c1ccc(F)cc1. The van der Waals surface area contributed by atoms with E-state index in [9.17, 15) is 14.0 Å². The number of hydrogen-bond donors (Lipinski definition) is 1. The number of ether oxygens (including phenoxy) is 1. The first kappa shape index (κ1) is 23.9. The van der Waals surface area contributed by atoms with E-state index >= 15 is 0 Å². The number of anilines is 1. The van der Waals surface area contributed by atoms with Gasteiger partial charge in [-0.2, -0.15) is 0 Å². The Labute approximate surface area is 212 Å². The molecule has 0 saturated carbocycles. The quantitative estimate of drug-likeness (QED) is 0.366. The van der Waals surface area contributed by atoms with E-state index in [0.717, 1.165) is 18.4 Å². The highest BCUT2D eigenvalue weighted by Crippen LogP contribution is 2.25. The number of nitrogens with zero attached hydrogens (tertiary/aromatic N) is 3. The van der Waals surface area contributed by atoms with Crippen molar-refractivity contribution in [1.29, 1.82) is 0 Å². The Morgan fingerprint density at radius 3 is 2.61 bits per heavy atom. The van der Waals surface area contributed by atoms with Gasteiger partial charge in [-0.1, -0.05) is 36.4 Å². The van der Waals surface area contributed by atoms with Gasteiger partial charge in [-0.15, -0.1) is 11.3 Å². The van der Waals surface area contributed by atoms with Gasteiger partial charge in [-0.3, -0.25) is 19.5 Å². The fourth-order valence-electron chi connectivity index (χ4n) is 4.16. The first-order valence-electron chi connectivity index (χ1n) is 11.7. The summed E-state index contributed by atoms with van der Waals surface area (Å²) in [6.45, 7) is 0.856. The van der Waals surface area contributed by atoms with Crippen LogP contribution in [0.15, 0.2) is 78.3 Å². The Morgan fingerprint density at radius 1 is 1.11 bits per heavy atom. The Bertz CT molecular complexity index is 1320. The number of benzene rings is 2. The van der Waals surface area contributed by atoms with Crippen molar-refractivity contribution < 1.29 is 18.7 Å². The van der Waals surface area contributed by atoms with Crippen molar-refractivity contribution in [3.63, 3.8) is 0 Å². The van der Waals surface area contributed by atoms with Gasteiger partial charge in [-0.25, -0.2) is 9.37 Å². The van der Waals surface area contributed by atoms with Gasteiger partial charge in [0.05, 0.1) is 16.7 Å². The molecule has 2 aromatic carbocycles. The second kappa shape index (κ2) is 10.8. The highest BCUT2D eigenvalue weighted by atomic mass is 32.1. The third-order valence-corrected chi connectivity index (χ3v) is 6.79. The average molecular weight is 505 g/mol. The van der Waals surface area contributed by atoms with Gasteiger partial charge in [0.15, 0.2) is 0 Å². The van der Waals surface area contributed by atoms with Crippen molar-refractivity contribution in [2.45, 2.75) is 18.9 Å². The zero-order valence-electron chi connectivity index (χ0n) is 19.5. The molecular formula is C27H25FN4O3S. The molecule has 1 aliphatic rings. The average Bonchev–Trinajstić information content (AvgIpc) is 3.67. The van der Waals surface area contributed by atoms with E-state index in [1.165, 1.54) is 28.4 Å². The molecule has 1 N–H and O–H groups in total. The molecule has 1 fully saturated rings. The van der Waals surface area contributed by atoms with E-state index in [4.69, 9.17) is 4.74 Å². The molecule has 5 rings (SSSR count). The predicted molar refractivity (Wildman–Crippen MR) is 137 cm³/mol. The van der Waals surface area contributed by atoms with E-state index in [0.29, 0.717) is 29.4 Å². The molecule has 0 radical (unpaired) electrons. The highest BCUT2D eigenvalue weighted by molar-refractivity contribution is 7.12. The van der Waals surface area contributed by atoms with Crippen LogP contribution in [0, 0.1) is 5.82 Å². The molecule has 0 aliphatic carbocycles. The Kier molecular flexibility index (Phi) is 7.20. The van der Waals surface area contributed by atoms with Crippen molar-refractivity contribution in [3.8, 4) is 16.9 Å². The summed E-state index contributed by atoms with van der Waals surface area (Å²) in [5, 5.41) is 4.69. The van der Waals surface area contributed by atoms with Gasteiger partial charge in [0, 0.05) is 30.6 Å². The van der Waals surface area contributed by atoms with Crippen LogP contribution < -0.4 is 5.32 Å². The first-order chi connectivity index (χ1) is 17.6. The van der Waals surface area contributed by atoms with Crippen LogP contribution in [-0.4, -0.2) is 52.1 Å². The molecular weight excluding hydrogens is 479 g/mol. The Hall–Kier alpha value is -3.82. The van der Waals surface area contributed by atoms with Crippen LogP contribution in [0.3, 0.4) is 0 Å². The maximum atomic E-state index is 13.5. The summed E-state index contributed by atoms with van der Waals surface area (Å²) in [4.78, 5) is 33.1. The fraction of sp³-hybridized carbons (Fsp3) is 0.222. The normalized spacial score (nSPS) is 15.1. The second-order valence-corrected chi connectivity index (χ2v) is 9.46. The minimum atomic E-state index is -0.383. The van der Waals surface area contributed by atoms with Crippen LogP contribution >= 0.6 is 11.3 Å². The van der Waals surface area contributed by atoms with Crippen LogP contribution in [0.5, 0.6) is 0 Å². The monoisotopic (exact) mass is 504 g/mol. The lowest BCUT2D eigenvalue weighted by atomic mass is 10.2. The smallest absolute Gasteiger partial charge is 0.264 e. The maximum absolute atomic E-state index is 13.5. The molecule has 9 heteroatoms. The number of aromatic nitrogens is 2. The zero-order valence-corrected chi connectivity index (χ0v) is 20.3. The molecule has 1 saturated heterocycles. The van der Waals surface area contributed by atoms with E-state index in [1.54, 1.807) is 29.0 Å². The molecule has 2 amide bonds. The largest absolute Gasteiger partial charge is 0.376 e. The van der Waals surface area contributed by atoms with Gasteiger partial charge in [0.25, 0.3) is 5.91 Å². The number of imidazole rings is 1. The molecule has 0 spiro atoms. The van der Waals surface area contributed by atoms with Crippen molar-refractivity contribution in [2.75, 3.05) is 25.0 Å². The van der Waals surface area contributed by atoms with E-state index < -0.39 is 0 Å². The molecule has 4 aromatic rings. The summed E-state index contributed by atoms with van der Waals surface area (Å²) in [5.41, 5.74) is 2.18. The minimum Gasteiger partial charge on any atom is -0.376 e. The lowest BCUT2D eigenvalue weighted by Gasteiger charge is -2.24. The van der Waals surface area contributed by atoms with Gasteiger partial charge in [0.2, 0.25) is 11.9 Å². The van der Waals surface area contributed by atoms with Crippen molar-refractivity contribution in [2.24, 2.45) is 0 Å². The first-order valence-corrected chi connectivity index (χ1v) is 12.6. The van der Waals surface area contributed by atoms with Crippen molar-refractivity contribution >= 4 is 29.1 Å². The summed E-state index contributed by atoms with van der Waals surface area (Å²) in [6, 6.07) is 19.1. The standard InChI is InChI=1S/C27H25FN4O3S/c28-20-10-12-21(13-11-20)32-17-23(19-6-2-1-3-7-19)29-27(32)30-25(33)18-31(16-22-8-4-14-35-22)26(34)24-9-5-15-36-24/h1-3,5-7,9-13,15,17,22H,4,8,14,16,18H2,(H,29,30,33)/t22-/m0/s1. The molecule has 1 atom stereocenters. The molecule has 7 nitrogen and oxygen atoms in total. The van der Waals surface area contributed by atoms with E-state index in [1.807, 2.05) is 41.8 Å². The summed E-state index contributed by atoms with van der Waals surface area (Å²) >= 11 is 1.34. The Balaban J connectivity index is 1.40. The summed E-state index contributed by atoms with van der Waals surface area (Å²) in [6.07, 6.45) is 3.49. The van der Waals surface area contributed by atoms with Crippen LogP contribution in [0.4, 0.5) is 10.3 Å². The molecule has 0 unspecified atom stereocenters. The maximum Gasteiger partial charge on any atom is 0.264 e. The van der Waals surface area contributed by atoms with Crippen LogP contribution in [-0.2, 0) is 9.53 Å². The lowest BCUT2D eigenvalue weighted by molar-refractivity contribution is -0.117. The van der Waals surface area contributed by atoms with Crippen LogP contribution in [0.1, 0.15) is 22.5 Å². The summed E-state index contributed by atoms with van der Waals surface area (Å²) < 4.78 is 21.0. The van der Waals surface area contributed by atoms with Crippen LogP contribution in [0.2, 0.25) is 0 Å². The number of carbonyl (C=O) groups excluding carboxylic acids is 2. The predicted octanol–water partition coefficient (Wildman–Crippen LogP) is 5.00. The van der Waals surface area contributed by atoms with E-state index in [2.05, 4.69) is 10.3 Å². The summed E-state index contributed by atoms with van der Waals surface area (Å²) in [5.74, 6) is -0.662. The fourth-order valence-corrected chi connectivity index (χ4v) is 4.85.